The summed E-state index contributed by atoms with van der Waals surface area (Å²) in [4.78, 5) is 14.0. The third kappa shape index (κ3) is 7.25. The maximum Gasteiger partial charge on any atom is 0.200 e. The minimum atomic E-state index is -1.62. The molecule has 0 saturated heterocycles. The quantitative estimate of drug-likeness (QED) is 0.247. The fraction of sp³-hybridized carbons (Fsp3) is 0.414. The van der Waals surface area contributed by atoms with E-state index in [1.54, 1.807) is 30.3 Å². The van der Waals surface area contributed by atoms with Gasteiger partial charge in [0.25, 0.3) is 0 Å². The first-order chi connectivity index (χ1) is 16.5. The van der Waals surface area contributed by atoms with Crippen LogP contribution in [0.5, 0.6) is 5.75 Å². The maximum atomic E-state index is 13.3. The van der Waals surface area contributed by atoms with E-state index in [1.165, 1.54) is 19.3 Å². The lowest BCUT2D eigenvalue weighted by Gasteiger charge is -2.22. The first-order valence-electron chi connectivity index (χ1n) is 12.4. The smallest absolute Gasteiger partial charge is 0.200 e. The predicted molar refractivity (Wildman–Crippen MR) is 138 cm³/mol. The molecule has 1 aliphatic rings. The van der Waals surface area contributed by atoms with Gasteiger partial charge in [-0.1, -0.05) is 75.1 Å². The van der Waals surface area contributed by atoms with Crippen LogP contribution in [0.3, 0.4) is 0 Å². The molecule has 2 aromatic carbocycles. The topological polar surface area (TPSA) is 63.6 Å². The number of hydrogen-bond donors (Lipinski definition) is 1. The van der Waals surface area contributed by atoms with Crippen molar-refractivity contribution < 1.29 is 18.8 Å². The lowest BCUT2D eigenvalue weighted by atomic mass is 9.90. The van der Waals surface area contributed by atoms with E-state index >= 15 is 0 Å². The summed E-state index contributed by atoms with van der Waals surface area (Å²) in [7, 11) is -1.62. The molecule has 2 atom stereocenters. The monoisotopic (exact) mass is 480 g/mol. The zero-order chi connectivity index (χ0) is 24.2. The second-order valence-electron chi connectivity index (χ2n) is 8.78. The molecule has 0 bridgehead atoms. The minimum absolute atomic E-state index is 0.187. The van der Waals surface area contributed by atoms with Gasteiger partial charge in [-0.2, -0.15) is 0 Å². The number of unbranched alkanes of at least 4 members (excludes halogenated alkanes) is 6. The molecule has 182 valence electrons. The Morgan fingerprint density at radius 3 is 2.29 bits per heavy atom. The second-order valence-corrected chi connectivity index (χ2v) is 10.2. The Labute approximate surface area is 206 Å². The molecule has 1 N–H and O–H groups in total. The maximum absolute atomic E-state index is 13.3. The Bertz CT molecular complexity index is 997. The molecule has 0 aliphatic heterocycles. The standard InChI is InChI=1S/C29H36O4S/c1-2-3-4-5-6-13-20-26-28(30)27(34(32)25-18-11-8-12-19-25)23-29(26,31)21-14-15-22-33-24-16-9-7-10-17-24/h7-12,16-20,23,31H,2-6,13-15,21-22H2,1H3/b26-20+. The molecule has 5 heteroatoms. The van der Waals surface area contributed by atoms with Crippen molar-refractivity contribution in [1.29, 1.82) is 0 Å². The lowest BCUT2D eigenvalue weighted by Crippen LogP contribution is -2.28. The molecule has 0 fully saturated rings. The van der Waals surface area contributed by atoms with Crippen LogP contribution in [0.25, 0.3) is 0 Å². The van der Waals surface area contributed by atoms with Crippen LogP contribution in [-0.2, 0) is 15.6 Å². The highest BCUT2D eigenvalue weighted by molar-refractivity contribution is 7.90. The summed E-state index contributed by atoms with van der Waals surface area (Å²) in [6.45, 7) is 2.72. The summed E-state index contributed by atoms with van der Waals surface area (Å²) in [5.74, 6) is 0.528. The van der Waals surface area contributed by atoms with Crippen molar-refractivity contribution in [2.75, 3.05) is 6.61 Å². The van der Waals surface area contributed by atoms with Crippen LogP contribution in [0.1, 0.15) is 64.7 Å². The number of benzene rings is 2. The molecule has 0 heterocycles. The molecule has 0 saturated carbocycles. The Morgan fingerprint density at radius 2 is 1.59 bits per heavy atom. The van der Waals surface area contributed by atoms with Crippen LogP contribution >= 0.6 is 0 Å². The van der Waals surface area contributed by atoms with E-state index < -0.39 is 16.4 Å². The molecule has 2 aromatic rings. The van der Waals surface area contributed by atoms with Crippen molar-refractivity contribution in [3.63, 3.8) is 0 Å². The largest absolute Gasteiger partial charge is 0.494 e. The van der Waals surface area contributed by atoms with Gasteiger partial charge in [-0.05, 0) is 62.4 Å². The highest BCUT2D eigenvalue weighted by atomic mass is 32.2. The number of ether oxygens (including phenoxy) is 1. The summed E-state index contributed by atoms with van der Waals surface area (Å²) in [5.41, 5.74) is -1.00. The van der Waals surface area contributed by atoms with E-state index in [-0.39, 0.29) is 10.7 Å². The average molecular weight is 481 g/mol. The molecule has 34 heavy (non-hydrogen) atoms. The highest BCUT2D eigenvalue weighted by Gasteiger charge is 2.43. The summed E-state index contributed by atoms with van der Waals surface area (Å²) in [6, 6.07) is 18.6. The van der Waals surface area contributed by atoms with Gasteiger partial charge >= 0.3 is 0 Å². The van der Waals surface area contributed by atoms with E-state index in [0.29, 0.717) is 29.9 Å². The lowest BCUT2D eigenvalue weighted by molar-refractivity contribution is -0.112. The number of hydrogen-bond acceptors (Lipinski definition) is 4. The number of Topliss-reactive ketones (excluding diaryl/α,β-unsaturated/α-hetero) is 1. The molecule has 0 aromatic heterocycles. The summed E-state index contributed by atoms with van der Waals surface area (Å²) in [6.07, 6.45) is 11.7. The van der Waals surface area contributed by atoms with E-state index in [2.05, 4.69) is 6.92 Å². The number of aliphatic hydroxyl groups is 1. The van der Waals surface area contributed by atoms with Gasteiger partial charge in [-0.25, -0.2) is 4.21 Å². The van der Waals surface area contributed by atoms with E-state index in [9.17, 15) is 14.1 Å². The van der Waals surface area contributed by atoms with Crippen molar-refractivity contribution in [3.8, 4) is 5.75 Å². The minimum Gasteiger partial charge on any atom is -0.494 e. The van der Waals surface area contributed by atoms with E-state index in [4.69, 9.17) is 4.74 Å². The molecule has 4 nitrogen and oxygen atoms in total. The van der Waals surface area contributed by atoms with Crippen molar-refractivity contribution >= 4 is 16.6 Å². The number of para-hydroxylation sites is 1. The molecule has 0 spiro atoms. The zero-order valence-corrected chi connectivity index (χ0v) is 20.9. The Balaban J connectivity index is 1.66. The third-order valence-electron chi connectivity index (χ3n) is 6.08. The molecular formula is C29H36O4S. The van der Waals surface area contributed by atoms with Gasteiger partial charge in [0.15, 0.2) is 0 Å². The van der Waals surface area contributed by atoms with E-state index in [0.717, 1.165) is 31.4 Å². The van der Waals surface area contributed by atoms with Gasteiger partial charge in [0.2, 0.25) is 5.78 Å². The van der Waals surface area contributed by atoms with E-state index in [1.807, 2.05) is 42.5 Å². The number of rotatable bonds is 14. The van der Waals surface area contributed by atoms with Crippen LogP contribution in [0.2, 0.25) is 0 Å². The zero-order valence-electron chi connectivity index (χ0n) is 20.1. The highest BCUT2D eigenvalue weighted by Crippen LogP contribution is 2.38. The predicted octanol–water partition coefficient (Wildman–Crippen LogP) is 6.53. The third-order valence-corrected chi connectivity index (χ3v) is 7.49. The molecule has 2 unspecified atom stereocenters. The first-order valence-corrected chi connectivity index (χ1v) is 13.6. The summed E-state index contributed by atoms with van der Waals surface area (Å²) in [5, 5.41) is 11.5. The number of ketones is 1. The van der Waals surface area contributed by atoms with Crippen LogP contribution < -0.4 is 4.74 Å². The number of carbonyl (C=O) groups excluding carboxylic acids is 1. The Kier molecular flexibility index (Phi) is 10.3. The van der Waals surface area contributed by atoms with Gasteiger partial charge in [-0.15, -0.1) is 0 Å². The number of allylic oxidation sites excluding steroid dienone is 2. The second kappa shape index (κ2) is 13.4. The Morgan fingerprint density at radius 1 is 0.912 bits per heavy atom. The first kappa shape index (κ1) is 26.1. The Hall–Kier alpha value is -2.50. The van der Waals surface area contributed by atoms with Crippen LogP contribution in [0.4, 0.5) is 0 Å². The fourth-order valence-electron chi connectivity index (χ4n) is 4.17. The fourth-order valence-corrected chi connectivity index (χ4v) is 5.41. The van der Waals surface area contributed by atoms with Gasteiger partial charge in [0, 0.05) is 10.5 Å². The molecule has 1 aliphatic carbocycles. The van der Waals surface area contributed by atoms with Gasteiger partial charge in [0.1, 0.15) is 11.4 Å². The molecule has 0 radical (unpaired) electrons. The van der Waals surface area contributed by atoms with Crippen molar-refractivity contribution in [3.05, 3.63) is 83.3 Å². The SMILES string of the molecule is CCCCCCC/C=C1\C(=O)C(S(=O)c2ccccc2)=CC1(O)CCCCOc1ccccc1. The van der Waals surface area contributed by atoms with Crippen molar-refractivity contribution in [1.82, 2.24) is 0 Å². The van der Waals surface area contributed by atoms with Gasteiger partial charge < -0.3 is 9.84 Å². The van der Waals surface area contributed by atoms with Crippen LogP contribution in [0.15, 0.2) is 88.2 Å². The summed E-state index contributed by atoms with van der Waals surface area (Å²) >= 11 is 0. The van der Waals surface area contributed by atoms with Gasteiger partial charge in [-0.3, -0.25) is 4.79 Å². The molecule has 3 rings (SSSR count). The average Bonchev–Trinajstić information content (AvgIpc) is 3.11. The van der Waals surface area contributed by atoms with Crippen molar-refractivity contribution in [2.45, 2.75) is 75.2 Å². The van der Waals surface area contributed by atoms with Crippen LogP contribution in [0, 0.1) is 0 Å². The number of carbonyl (C=O) groups is 1. The van der Waals surface area contributed by atoms with Crippen LogP contribution in [-0.4, -0.2) is 27.3 Å². The summed E-state index contributed by atoms with van der Waals surface area (Å²) < 4.78 is 18.9. The van der Waals surface area contributed by atoms with Gasteiger partial charge in [0.05, 0.1) is 22.3 Å². The molecule has 0 amide bonds. The van der Waals surface area contributed by atoms with Crippen molar-refractivity contribution in [2.24, 2.45) is 0 Å². The molecular weight excluding hydrogens is 444 g/mol. The normalized spacial score (nSPS) is 19.9.